The molecule has 2 heterocycles. The van der Waals surface area contributed by atoms with Crippen LogP contribution in [-0.4, -0.2) is 40.1 Å². The normalized spacial score (nSPS) is 22.1. The average molecular weight is 394 g/mol. The Morgan fingerprint density at radius 3 is 2.63 bits per heavy atom. The molecule has 108 valence electrons. The lowest BCUT2D eigenvalue weighted by Gasteiger charge is -2.36. The number of nitrogens with one attached hydrogen (secondary N) is 1. The minimum atomic E-state index is -1.58. The van der Waals surface area contributed by atoms with Gasteiger partial charge in [-0.05, 0) is 22.0 Å². The molecule has 1 amide bonds. The van der Waals surface area contributed by atoms with E-state index in [1.807, 2.05) is 6.08 Å². The molecule has 2 rings (SSSR count). The van der Waals surface area contributed by atoms with Gasteiger partial charge in [0.05, 0.1) is 0 Å². The molecule has 1 spiro atoms. The first-order valence-electron chi connectivity index (χ1n) is 5.61. The monoisotopic (exact) mass is 392 g/mol. The van der Waals surface area contributed by atoms with E-state index in [0.717, 1.165) is 4.61 Å². The quantitative estimate of drug-likeness (QED) is 0.549. The number of likely N-dealkylation sites (tertiary alicyclic amines) is 1. The van der Waals surface area contributed by atoms with Crippen molar-refractivity contribution in [3.05, 3.63) is 10.7 Å². The Bertz CT molecular complexity index is 392. The summed E-state index contributed by atoms with van der Waals surface area (Å²) in [7, 11) is 0. The summed E-state index contributed by atoms with van der Waals surface area (Å²) in [5.41, 5.74) is 2.40. The first-order chi connectivity index (χ1) is 8.80. The van der Waals surface area contributed by atoms with Crippen LogP contribution in [0.15, 0.2) is 10.7 Å². The van der Waals surface area contributed by atoms with Crippen LogP contribution in [0.3, 0.4) is 0 Å². The Morgan fingerprint density at radius 2 is 2.16 bits per heavy atom. The molecule has 0 aromatic rings. The van der Waals surface area contributed by atoms with Crippen LogP contribution < -0.4 is 5.48 Å². The summed E-state index contributed by atoms with van der Waals surface area (Å²) in [6, 6.07) is 0. The maximum atomic E-state index is 11.8. The van der Waals surface area contributed by atoms with Gasteiger partial charge in [0.2, 0.25) is 3.79 Å². The zero-order valence-electron chi connectivity index (χ0n) is 9.80. The van der Waals surface area contributed by atoms with Crippen LogP contribution in [0, 0.1) is 0 Å². The largest absolute Gasteiger partial charge is 0.445 e. The summed E-state index contributed by atoms with van der Waals surface area (Å²) in [6.45, 7) is 0.788. The van der Waals surface area contributed by atoms with E-state index in [-0.39, 0.29) is 12.2 Å². The van der Waals surface area contributed by atoms with Gasteiger partial charge in [0.25, 0.3) is 0 Å². The zero-order chi connectivity index (χ0) is 14.1. The summed E-state index contributed by atoms with van der Waals surface area (Å²) in [5.74, 6) is 0. The molecule has 9 heteroatoms. The number of hydrogen-bond acceptors (Lipinski definition) is 4. The van der Waals surface area contributed by atoms with Crippen molar-refractivity contribution in [3.8, 4) is 0 Å². The van der Waals surface area contributed by atoms with Crippen molar-refractivity contribution in [1.82, 2.24) is 10.4 Å². The van der Waals surface area contributed by atoms with E-state index in [9.17, 15) is 4.79 Å². The van der Waals surface area contributed by atoms with E-state index in [1.54, 1.807) is 4.90 Å². The Hall–Kier alpha value is 0.120. The van der Waals surface area contributed by atoms with Gasteiger partial charge in [-0.25, -0.2) is 4.79 Å². The predicted molar refractivity (Wildman–Crippen MR) is 76.4 cm³/mol. The van der Waals surface area contributed by atoms with Gasteiger partial charge in [-0.2, -0.15) is 0 Å². The van der Waals surface area contributed by atoms with Gasteiger partial charge in [-0.15, -0.1) is 0 Å². The standard InChI is InChI=1S/C10H12BrCl3N2O3/c11-7-5-9(19-15-7)1-3-16(4-2-9)8(17)18-6-10(12,13)14/h5,15H,1-4,6H2. The second-order valence-corrected chi connectivity index (χ2v) is 7.79. The van der Waals surface area contributed by atoms with E-state index in [4.69, 9.17) is 44.4 Å². The van der Waals surface area contributed by atoms with Crippen molar-refractivity contribution in [2.45, 2.75) is 22.2 Å². The topological polar surface area (TPSA) is 50.8 Å². The van der Waals surface area contributed by atoms with Gasteiger partial charge in [-0.3, -0.25) is 10.3 Å². The minimum Gasteiger partial charge on any atom is -0.445 e. The lowest BCUT2D eigenvalue weighted by Crippen LogP contribution is -2.47. The van der Waals surface area contributed by atoms with Gasteiger partial charge in [0.1, 0.15) is 16.8 Å². The Balaban J connectivity index is 1.82. The highest BCUT2D eigenvalue weighted by molar-refractivity contribution is 9.11. The Morgan fingerprint density at radius 1 is 1.53 bits per heavy atom. The van der Waals surface area contributed by atoms with Crippen LogP contribution in [0.25, 0.3) is 0 Å². The van der Waals surface area contributed by atoms with Crippen molar-refractivity contribution < 1.29 is 14.4 Å². The molecule has 0 saturated carbocycles. The van der Waals surface area contributed by atoms with Crippen molar-refractivity contribution in [3.63, 3.8) is 0 Å². The Kier molecular flexibility index (Phi) is 4.78. The fourth-order valence-electron chi connectivity index (χ4n) is 1.99. The average Bonchev–Trinajstić information content (AvgIpc) is 2.68. The minimum absolute atomic E-state index is 0.262. The fraction of sp³-hybridized carbons (Fsp3) is 0.700. The summed E-state index contributed by atoms with van der Waals surface area (Å²) in [6.07, 6.45) is 2.85. The van der Waals surface area contributed by atoms with E-state index in [1.165, 1.54) is 0 Å². The number of halogens is 4. The van der Waals surface area contributed by atoms with Gasteiger partial charge in [-0.1, -0.05) is 34.8 Å². The van der Waals surface area contributed by atoms with Crippen molar-refractivity contribution in [1.29, 1.82) is 0 Å². The van der Waals surface area contributed by atoms with Crippen molar-refractivity contribution in [2.24, 2.45) is 0 Å². The van der Waals surface area contributed by atoms with Crippen molar-refractivity contribution in [2.75, 3.05) is 19.7 Å². The van der Waals surface area contributed by atoms with Crippen LogP contribution in [0.5, 0.6) is 0 Å². The van der Waals surface area contributed by atoms with E-state index in [2.05, 4.69) is 21.4 Å². The highest BCUT2D eigenvalue weighted by atomic mass is 79.9. The second kappa shape index (κ2) is 5.85. The number of nitrogens with zero attached hydrogens (tertiary/aromatic N) is 1. The highest BCUT2D eigenvalue weighted by Gasteiger charge is 2.39. The third-order valence-electron chi connectivity index (χ3n) is 2.97. The maximum absolute atomic E-state index is 11.8. The SMILES string of the molecule is O=C(OCC(Cl)(Cl)Cl)N1CCC2(C=C(Br)NO2)CC1. The number of hydroxylamine groups is 1. The number of amides is 1. The molecule has 0 atom stereocenters. The molecule has 0 aliphatic carbocycles. The van der Waals surface area contributed by atoms with Crippen LogP contribution in [0.1, 0.15) is 12.8 Å². The molecule has 2 aliphatic heterocycles. The number of alkyl halides is 3. The molecule has 0 aromatic carbocycles. The number of hydrogen-bond donors (Lipinski definition) is 1. The molecule has 0 aromatic heterocycles. The third kappa shape index (κ3) is 4.29. The highest BCUT2D eigenvalue weighted by Crippen LogP contribution is 2.33. The zero-order valence-corrected chi connectivity index (χ0v) is 13.7. The molecular formula is C10H12BrCl3N2O3. The summed E-state index contributed by atoms with van der Waals surface area (Å²) in [4.78, 5) is 18.8. The lowest BCUT2D eigenvalue weighted by atomic mass is 9.92. The smallest absolute Gasteiger partial charge is 0.409 e. The van der Waals surface area contributed by atoms with Gasteiger partial charge < -0.3 is 9.64 Å². The van der Waals surface area contributed by atoms with E-state index >= 15 is 0 Å². The molecule has 19 heavy (non-hydrogen) atoms. The third-order valence-corrected chi connectivity index (χ3v) is 3.69. The van der Waals surface area contributed by atoms with Crippen LogP contribution in [-0.2, 0) is 9.57 Å². The van der Waals surface area contributed by atoms with Gasteiger partial charge in [0, 0.05) is 25.9 Å². The molecular weight excluding hydrogens is 382 g/mol. The summed E-state index contributed by atoms with van der Waals surface area (Å²) in [5, 5.41) is 0. The second-order valence-electron chi connectivity index (χ2n) is 4.42. The molecule has 1 N–H and O–H groups in total. The van der Waals surface area contributed by atoms with Crippen LogP contribution >= 0.6 is 50.7 Å². The lowest BCUT2D eigenvalue weighted by molar-refractivity contribution is -0.0698. The molecule has 0 unspecified atom stereocenters. The summed E-state index contributed by atoms with van der Waals surface area (Å²) >= 11 is 19.9. The molecule has 5 nitrogen and oxygen atoms in total. The van der Waals surface area contributed by atoms with Crippen LogP contribution in [0.4, 0.5) is 4.79 Å². The van der Waals surface area contributed by atoms with E-state index < -0.39 is 9.89 Å². The fourth-order valence-corrected chi connectivity index (χ4v) is 2.65. The number of piperidine rings is 1. The maximum Gasteiger partial charge on any atom is 0.409 e. The van der Waals surface area contributed by atoms with Gasteiger partial charge in [0.15, 0.2) is 0 Å². The number of rotatable bonds is 1. The number of carbonyl (C=O) groups is 1. The molecule has 1 fully saturated rings. The van der Waals surface area contributed by atoms with Crippen LogP contribution in [0.2, 0.25) is 0 Å². The molecule has 2 aliphatic rings. The summed E-state index contributed by atoms with van der Waals surface area (Å²) < 4.78 is 4.15. The molecule has 1 saturated heterocycles. The van der Waals surface area contributed by atoms with E-state index in [0.29, 0.717) is 25.9 Å². The van der Waals surface area contributed by atoms with Gasteiger partial charge >= 0.3 is 6.09 Å². The van der Waals surface area contributed by atoms with Crippen molar-refractivity contribution >= 4 is 56.8 Å². The molecule has 0 radical (unpaired) electrons. The number of ether oxygens (including phenoxy) is 1. The predicted octanol–water partition coefficient (Wildman–Crippen LogP) is 3.10. The first-order valence-corrected chi connectivity index (χ1v) is 7.53. The first kappa shape index (κ1) is 15.5. The number of carbonyl (C=O) groups excluding carboxylic acids is 1. The molecule has 0 bridgehead atoms. The Labute approximate surface area is 134 Å².